The van der Waals surface area contributed by atoms with Crippen LogP contribution >= 0.6 is 0 Å². The monoisotopic (exact) mass is 182 g/mol. The van der Waals surface area contributed by atoms with Crippen molar-refractivity contribution in [2.24, 2.45) is 0 Å². The molecule has 0 aliphatic heterocycles. The molecule has 0 spiro atoms. The third-order valence-corrected chi connectivity index (χ3v) is 1.29. The van der Waals surface area contributed by atoms with E-state index in [0.29, 0.717) is 0 Å². The SMILES string of the molecule is C.CC.C\C=C/C=C(\C=C/C)CC. The molecule has 0 aromatic rings. The molecule has 0 N–H and O–H groups in total. The van der Waals surface area contributed by atoms with E-state index in [-0.39, 0.29) is 7.43 Å². The van der Waals surface area contributed by atoms with Gasteiger partial charge in [-0.2, -0.15) is 0 Å². The Morgan fingerprint density at radius 2 is 1.62 bits per heavy atom. The average Bonchev–Trinajstić information content (AvgIpc) is 2.15. The summed E-state index contributed by atoms with van der Waals surface area (Å²) >= 11 is 0. The van der Waals surface area contributed by atoms with Gasteiger partial charge >= 0.3 is 0 Å². The van der Waals surface area contributed by atoms with E-state index in [1.54, 1.807) is 0 Å². The molecule has 0 nitrogen and oxygen atoms in total. The molecule has 0 saturated carbocycles. The Morgan fingerprint density at radius 1 is 1.08 bits per heavy atom. The zero-order valence-electron chi connectivity index (χ0n) is 9.09. The van der Waals surface area contributed by atoms with Gasteiger partial charge in [-0.1, -0.05) is 58.6 Å². The van der Waals surface area contributed by atoms with Crippen LogP contribution < -0.4 is 0 Å². The van der Waals surface area contributed by atoms with E-state index in [9.17, 15) is 0 Å². The van der Waals surface area contributed by atoms with E-state index in [0.717, 1.165) is 6.42 Å². The first-order chi connectivity index (χ1) is 5.85. The van der Waals surface area contributed by atoms with E-state index >= 15 is 0 Å². The Labute approximate surface area is 85.1 Å². The summed E-state index contributed by atoms with van der Waals surface area (Å²) in [6.07, 6.45) is 11.6. The highest BCUT2D eigenvalue weighted by Crippen LogP contribution is 2.01. The van der Waals surface area contributed by atoms with Gasteiger partial charge in [0.25, 0.3) is 0 Å². The Hall–Kier alpha value is -0.780. The summed E-state index contributed by atoms with van der Waals surface area (Å²) in [7, 11) is 0. The van der Waals surface area contributed by atoms with E-state index in [2.05, 4.69) is 31.2 Å². The zero-order valence-corrected chi connectivity index (χ0v) is 9.09. The van der Waals surface area contributed by atoms with Gasteiger partial charge in [0.1, 0.15) is 0 Å². The fraction of sp³-hybridized carbons (Fsp3) is 0.538. The molecule has 0 aromatic carbocycles. The number of rotatable bonds is 3. The molecule has 0 fully saturated rings. The highest BCUT2D eigenvalue weighted by molar-refractivity contribution is 5.22. The van der Waals surface area contributed by atoms with Gasteiger partial charge < -0.3 is 0 Å². The zero-order chi connectivity index (χ0) is 9.82. The molecule has 0 bridgehead atoms. The van der Waals surface area contributed by atoms with Gasteiger partial charge in [0, 0.05) is 0 Å². The minimum atomic E-state index is 0. The van der Waals surface area contributed by atoms with Crippen LogP contribution in [0.5, 0.6) is 0 Å². The summed E-state index contributed by atoms with van der Waals surface area (Å²) in [6.45, 7) is 10.2. The molecule has 0 heterocycles. The second kappa shape index (κ2) is 17.3. The van der Waals surface area contributed by atoms with Crippen LogP contribution in [0, 0.1) is 0 Å². The lowest BCUT2D eigenvalue weighted by atomic mass is 10.2. The van der Waals surface area contributed by atoms with Crippen LogP contribution in [-0.2, 0) is 0 Å². The van der Waals surface area contributed by atoms with Crippen LogP contribution in [0.15, 0.2) is 36.0 Å². The van der Waals surface area contributed by atoms with Gasteiger partial charge in [0.15, 0.2) is 0 Å². The second-order valence-corrected chi connectivity index (χ2v) is 2.12. The Balaban J connectivity index is -0.000000309. The van der Waals surface area contributed by atoms with Gasteiger partial charge in [-0.3, -0.25) is 0 Å². The van der Waals surface area contributed by atoms with Crippen molar-refractivity contribution in [1.82, 2.24) is 0 Å². The molecule has 0 amide bonds. The first kappa shape index (κ1) is 18.1. The predicted molar refractivity (Wildman–Crippen MR) is 66.1 cm³/mol. The summed E-state index contributed by atoms with van der Waals surface area (Å²) in [5, 5.41) is 0. The summed E-state index contributed by atoms with van der Waals surface area (Å²) in [5.41, 5.74) is 1.38. The first-order valence-electron chi connectivity index (χ1n) is 4.79. The van der Waals surface area contributed by atoms with Crippen molar-refractivity contribution in [1.29, 1.82) is 0 Å². The van der Waals surface area contributed by atoms with Gasteiger partial charge in [-0.25, -0.2) is 0 Å². The topological polar surface area (TPSA) is 0 Å². The van der Waals surface area contributed by atoms with Crippen molar-refractivity contribution in [2.75, 3.05) is 0 Å². The van der Waals surface area contributed by atoms with Crippen molar-refractivity contribution in [3.8, 4) is 0 Å². The lowest BCUT2D eigenvalue weighted by Gasteiger charge is -1.91. The lowest BCUT2D eigenvalue weighted by molar-refractivity contribution is 1.15. The smallest absolute Gasteiger partial charge is 0.0308 e. The molecule has 0 heteroatoms. The molecule has 0 aliphatic carbocycles. The minimum Gasteiger partial charge on any atom is -0.0877 e. The summed E-state index contributed by atoms with van der Waals surface area (Å²) in [4.78, 5) is 0. The van der Waals surface area contributed by atoms with E-state index < -0.39 is 0 Å². The van der Waals surface area contributed by atoms with Crippen LogP contribution in [0.2, 0.25) is 0 Å². The van der Waals surface area contributed by atoms with Crippen LogP contribution in [0.4, 0.5) is 0 Å². The maximum atomic E-state index is 2.16. The van der Waals surface area contributed by atoms with Gasteiger partial charge in [0.2, 0.25) is 0 Å². The molecule has 0 atom stereocenters. The van der Waals surface area contributed by atoms with Crippen molar-refractivity contribution >= 4 is 0 Å². The molecule has 0 rings (SSSR count). The summed E-state index contributed by atoms with van der Waals surface area (Å²) in [6, 6.07) is 0. The summed E-state index contributed by atoms with van der Waals surface area (Å²) < 4.78 is 0. The molecular formula is C13H26. The first-order valence-corrected chi connectivity index (χ1v) is 4.79. The summed E-state index contributed by atoms with van der Waals surface area (Å²) in [5.74, 6) is 0. The third-order valence-electron chi connectivity index (χ3n) is 1.29. The minimum absolute atomic E-state index is 0. The van der Waals surface area contributed by atoms with E-state index in [4.69, 9.17) is 0 Å². The lowest BCUT2D eigenvalue weighted by Crippen LogP contribution is -1.70. The molecule has 0 saturated heterocycles. The molecule has 78 valence electrons. The molecule has 0 aromatic heterocycles. The molecule has 0 aliphatic rings. The van der Waals surface area contributed by atoms with Crippen LogP contribution in [0.3, 0.4) is 0 Å². The predicted octanol–water partition coefficient (Wildman–Crippen LogP) is 5.14. The van der Waals surface area contributed by atoms with Crippen molar-refractivity contribution in [2.45, 2.75) is 48.5 Å². The average molecular weight is 182 g/mol. The van der Waals surface area contributed by atoms with Crippen LogP contribution in [-0.4, -0.2) is 0 Å². The van der Waals surface area contributed by atoms with Crippen molar-refractivity contribution in [3.05, 3.63) is 36.0 Å². The number of allylic oxidation sites excluding steroid dienone is 6. The van der Waals surface area contributed by atoms with Gasteiger partial charge in [-0.05, 0) is 25.8 Å². The Kier molecular flexibility index (Phi) is 24.1. The number of hydrogen-bond donors (Lipinski definition) is 0. The van der Waals surface area contributed by atoms with Crippen molar-refractivity contribution in [3.63, 3.8) is 0 Å². The maximum absolute atomic E-state index is 2.16. The van der Waals surface area contributed by atoms with Gasteiger partial charge in [-0.15, -0.1) is 0 Å². The maximum Gasteiger partial charge on any atom is -0.0308 e. The number of hydrogen-bond acceptors (Lipinski definition) is 0. The van der Waals surface area contributed by atoms with Crippen molar-refractivity contribution < 1.29 is 0 Å². The Morgan fingerprint density at radius 3 is 1.92 bits per heavy atom. The van der Waals surface area contributed by atoms with E-state index in [1.807, 2.05) is 33.8 Å². The molecule has 0 radical (unpaired) electrons. The Bertz CT molecular complexity index is 147. The van der Waals surface area contributed by atoms with E-state index in [1.165, 1.54) is 5.57 Å². The third kappa shape index (κ3) is 14.1. The largest absolute Gasteiger partial charge is 0.0877 e. The molecule has 0 unspecified atom stereocenters. The standard InChI is InChI=1S/C10H16.C2H6.CH4/c1-4-7-9-10(6-3)8-5-2;1-2;/h4-5,7-9H,6H2,1-3H3;1-2H3;1H4/b7-4-,8-5-,10-9-;;. The normalized spacial score (nSPS) is 11.0. The fourth-order valence-corrected chi connectivity index (χ4v) is 0.725. The second-order valence-electron chi connectivity index (χ2n) is 2.12. The van der Waals surface area contributed by atoms with Crippen LogP contribution in [0.1, 0.15) is 48.5 Å². The molecule has 13 heavy (non-hydrogen) atoms. The highest BCUT2D eigenvalue weighted by Gasteiger charge is 1.81. The molecular weight excluding hydrogens is 156 g/mol. The quantitative estimate of drug-likeness (QED) is 0.530. The van der Waals surface area contributed by atoms with Gasteiger partial charge in [0.05, 0.1) is 0 Å². The van der Waals surface area contributed by atoms with Crippen LogP contribution in [0.25, 0.3) is 0 Å². The highest BCUT2D eigenvalue weighted by atomic mass is 13.9. The fourth-order valence-electron chi connectivity index (χ4n) is 0.725.